The summed E-state index contributed by atoms with van der Waals surface area (Å²) in [5, 5.41) is 9.69. The maximum atomic E-state index is 7.02. The van der Waals surface area contributed by atoms with Gasteiger partial charge in [0.15, 0.2) is 5.58 Å². The highest BCUT2D eigenvalue weighted by Crippen LogP contribution is 2.52. The number of hydrogen-bond donors (Lipinski definition) is 0. The molecule has 3 heterocycles. The average Bonchev–Trinajstić information content (AvgIpc) is 3.90. The lowest BCUT2D eigenvalue weighted by atomic mass is 10.0. The first-order valence-electron chi connectivity index (χ1n) is 16.9. The molecule has 0 unspecified atom stereocenters. The Labute approximate surface area is 280 Å². The minimum absolute atomic E-state index is 0.899. The van der Waals surface area contributed by atoms with Crippen LogP contribution in [0.5, 0.6) is 0 Å². The Hall–Kier alpha value is -6.58. The molecule has 0 N–H and O–H groups in total. The van der Waals surface area contributed by atoms with Crippen LogP contribution in [0.15, 0.2) is 162 Å². The Morgan fingerprint density at radius 2 is 0.939 bits per heavy atom. The number of nitrogens with zero attached hydrogens (tertiary/aromatic N) is 2. The fourth-order valence-electron chi connectivity index (χ4n) is 8.97. The van der Waals surface area contributed by atoms with Gasteiger partial charge in [-0.25, -0.2) is 0 Å². The highest BCUT2D eigenvalue weighted by molar-refractivity contribution is 6.39. The zero-order valence-corrected chi connectivity index (χ0v) is 26.3. The standard InChI is InChI=1S/C46H26N2O/c1-2-13-27(14-3-1)47-36-22-9-6-17-33(36)41-42-35-19-8-11-24-39(35)49-46(42)45-43(44(41)47)34-18-7-10-23-37(34)48(45)38-26-25-31-29-16-5-4-15-28(29)30-20-12-21-32(38)40(30)31/h1-26H. The van der Waals surface area contributed by atoms with Crippen molar-refractivity contribution < 1.29 is 4.42 Å². The van der Waals surface area contributed by atoms with E-state index in [0.717, 1.165) is 44.3 Å². The maximum absolute atomic E-state index is 7.02. The molecular formula is C46H26N2O. The molecule has 3 aromatic heterocycles. The van der Waals surface area contributed by atoms with Crippen LogP contribution in [0.25, 0.3) is 110 Å². The molecule has 0 amide bonds. The molecule has 0 atom stereocenters. The first-order valence-corrected chi connectivity index (χ1v) is 16.9. The van der Waals surface area contributed by atoms with Crippen LogP contribution in [0.4, 0.5) is 0 Å². The summed E-state index contributed by atoms with van der Waals surface area (Å²) in [6.45, 7) is 0. The van der Waals surface area contributed by atoms with Crippen molar-refractivity contribution in [1.82, 2.24) is 9.13 Å². The van der Waals surface area contributed by atoms with Crippen molar-refractivity contribution in [3.8, 4) is 33.6 Å². The van der Waals surface area contributed by atoms with Gasteiger partial charge >= 0.3 is 0 Å². The quantitative estimate of drug-likeness (QED) is 0.188. The molecule has 0 aliphatic heterocycles. The number of para-hydroxylation sites is 4. The molecule has 11 aromatic rings. The topological polar surface area (TPSA) is 23.0 Å². The van der Waals surface area contributed by atoms with Crippen molar-refractivity contribution >= 4 is 76.3 Å². The summed E-state index contributed by atoms with van der Waals surface area (Å²) < 4.78 is 12.0. The molecule has 0 fully saturated rings. The van der Waals surface area contributed by atoms with Gasteiger partial charge in [-0.3, -0.25) is 0 Å². The average molecular weight is 623 g/mol. The van der Waals surface area contributed by atoms with Crippen LogP contribution in [-0.2, 0) is 0 Å². The Kier molecular flexibility index (Phi) is 4.72. The Balaban J connectivity index is 1.38. The summed E-state index contributed by atoms with van der Waals surface area (Å²) in [4.78, 5) is 0. The van der Waals surface area contributed by atoms with Gasteiger partial charge in [0.05, 0.1) is 27.8 Å². The molecule has 8 aromatic carbocycles. The fourth-order valence-corrected chi connectivity index (χ4v) is 8.97. The van der Waals surface area contributed by atoms with Gasteiger partial charge < -0.3 is 13.6 Å². The monoisotopic (exact) mass is 622 g/mol. The smallest absolute Gasteiger partial charge is 0.160 e. The second kappa shape index (κ2) is 9.06. The molecule has 49 heavy (non-hydrogen) atoms. The van der Waals surface area contributed by atoms with E-state index in [1.54, 1.807) is 0 Å². The first-order chi connectivity index (χ1) is 24.4. The van der Waals surface area contributed by atoms with Gasteiger partial charge in [-0.15, -0.1) is 0 Å². The summed E-state index contributed by atoms with van der Waals surface area (Å²) in [6, 6.07) is 57.2. The Morgan fingerprint density at radius 1 is 0.347 bits per heavy atom. The minimum Gasteiger partial charge on any atom is -0.454 e. The van der Waals surface area contributed by atoms with E-state index in [-0.39, 0.29) is 0 Å². The van der Waals surface area contributed by atoms with Gasteiger partial charge in [-0.1, -0.05) is 121 Å². The summed E-state index contributed by atoms with van der Waals surface area (Å²) in [6.07, 6.45) is 0. The molecule has 12 rings (SSSR count). The number of hydrogen-bond acceptors (Lipinski definition) is 1. The second-order valence-electron chi connectivity index (χ2n) is 13.2. The Morgan fingerprint density at radius 3 is 1.73 bits per heavy atom. The summed E-state index contributed by atoms with van der Waals surface area (Å²) in [7, 11) is 0. The zero-order chi connectivity index (χ0) is 31.8. The van der Waals surface area contributed by atoms with Crippen molar-refractivity contribution in [3.63, 3.8) is 0 Å². The fraction of sp³-hybridized carbons (Fsp3) is 0. The SMILES string of the molecule is c1ccc(-n2c3ccccc3c3c4c5ccccc5oc4c4c(c5ccccc5n4-c4ccc5c6c(cccc46)-c4ccccc4-5)c32)cc1. The molecule has 1 aliphatic carbocycles. The molecule has 3 heteroatoms. The summed E-state index contributed by atoms with van der Waals surface area (Å²) in [5.74, 6) is 0. The van der Waals surface area contributed by atoms with Crippen molar-refractivity contribution in [3.05, 3.63) is 158 Å². The molecule has 0 bridgehead atoms. The first kappa shape index (κ1) is 25.5. The van der Waals surface area contributed by atoms with Crippen LogP contribution < -0.4 is 0 Å². The zero-order valence-electron chi connectivity index (χ0n) is 26.3. The van der Waals surface area contributed by atoms with Crippen molar-refractivity contribution in [1.29, 1.82) is 0 Å². The van der Waals surface area contributed by atoms with E-state index in [1.807, 2.05) is 0 Å². The van der Waals surface area contributed by atoms with E-state index in [1.165, 1.54) is 65.6 Å². The minimum atomic E-state index is 0.899. The number of rotatable bonds is 2. The lowest BCUT2D eigenvalue weighted by Crippen LogP contribution is -1.97. The van der Waals surface area contributed by atoms with Gasteiger partial charge in [0.2, 0.25) is 0 Å². The van der Waals surface area contributed by atoms with Crippen molar-refractivity contribution in [2.75, 3.05) is 0 Å². The predicted octanol–water partition coefficient (Wildman–Crippen LogP) is 12.6. The van der Waals surface area contributed by atoms with Crippen LogP contribution in [-0.4, -0.2) is 9.13 Å². The number of aromatic nitrogens is 2. The van der Waals surface area contributed by atoms with E-state index in [9.17, 15) is 0 Å². The molecule has 1 aliphatic rings. The highest BCUT2D eigenvalue weighted by Gasteiger charge is 2.29. The highest BCUT2D eigenvalue weighted by atomic mass is 16.3. The molecule has 0 saturated heterocycles. The van der Waals surface area contributed by atoms with E-state index >= 15 is 0 Å². The van der Waals surface area contributed by atoms with Gasteiger partial charge in [-0.05, 0) is 64.0 Å². The number of furan rings is 1. The Bertz CT molecular complexity index is 3180. The van der Waals surface area contributed by atoms with Crippen LogP contribution in [0.2, 0.25) is 0 Å². The molecular weight excluding hydrogens is 597 g/mol. The lowest BCUT2D eigenvalue weighted by molar-refractivity contribution is 0.671. The van der Waals surface area contributed by atoms with Crippen molar-refractivity contribution in [2.45, 2.75) is 0 Å². The molecule has 0 spiro atoms. The summed E-state index contributed by atoms with van der Waals surface area (Å²) >= 11 is 0. The van der Waals surface area contributed by atoms with Crippen LogP contribution in [0, 0.1) is 0 Å². The van der Waals surface area contributed by atoms with Crippen LogP contribution in [0.1, 0.15) is 0 Å². The number of benzene rings is 8. The third-order valence-electron chi connectivity index (χ3n) is 10.8. The lowest BCUT2D eigenvalue weighted by Gasteiger charge is -2.14. The largest absolute Gasteiger partial charge is 0.454 e. The maximum Gasteiger partial charge on any atom is 0.160 e. The van der Waals surface area contributed by atoms with Crippen molar-refractivity contribution in [2.24, 2.45) is 0 Å². The van der Waals surface area contributed by atoms with Crippen LogP contribution in [0.3, 0.4) is 0 Å². The summed E-state index contributed by atoms with van der Waals surface area (Å²) in [5.41, 5.74) is 14.0. The molecule has 226 valence electrons. The van der Waals surface area contributed by atoms with Gasteiger partial charge in [-0.2, -0.15) is 0 Å². The van der Waals surface area contributed by atoms with Gasteiger partial charge in [0, 0.05) is 43.4 Å². The molecule has 3 nitrogen and oxygen atoms in total. The molecule has 0 saturated carbocycles. The van der Waals surface area contributed by atoms with Crippen LogP contribution >= 0.6 is 0 Å². The third-order valence-corrected chi connectivity index (χ3v) is 10.8. The van der Waals surface area contributed by atoms with E-state index in [4.69, 9.17) is 4.42 Å². The van der Waals surface area contributed by atoms with E-state index in [2.05, 4.69) is 167 Å². The van der Waals surface area contributed by atoms with Gasteiger partial charge in [0.1, 0.15) is 5.58 Å². The number of fused-ring (bicyclic) bond motifs is 15. The predicted molar refractivity (Wildman–Crippen MR) is 204 cm³/mol. The van der Waals surface area contributed by atoms with E-state index < -0.39 is 0 Å². The van der Waals surface area contributed by atoms with E-state index in [0.29, 0.717) is 0 Å². The molecule has 0 radical (unpaired) electrons. The normalized spacial score (nSPS) is 12.5. The van der Waals surface area contributed by atoms with Gasteiger partial charge in [0.25, 0.3) is 0 Å². The second-order valence-corrected chi connectivity index (χ2v) is 13.2. The third kappa shape index (κ3) is 3.09.